The highest BCUT2D eigenvalue weighted by Crippen LogP contribution is 2.21. The van der Waals surface area contributed by atoms with Gasteiger partial charge in [0.1, 0.15) is 5.82 Å². The summed E-state index contributed by atoms with van der Waals surface area (Å²) in [6, 6.07) is 6.43. The molecule has 1 aromatic heterocycles. The van der Waals surface area contributed by atoms with Gasteiger partial charge in [0.25, 0.3) is 0 Å². The number of benzene rings is 1. The molecule has 0 unspecified atom stereocenters. The van der Waals surface area contributed by atoms with E-state index < -0.39 is 0 Å². The third-order valence-corrected chi connectivity index (χ3v) is 2.37. The van der Waals surface area contributed by atoms with Gasteiger partial charge in [-0.2, -0.15) is 0 Å². The molecular weight excluding hydrogens is 211 g/mol. The zero-order valence-corrected chi connectivity index (χ0v) is 8.94. The number of nitrogens with zero attached hydrogens (tertiary/aromatic N) is 1. The highest BCUT2D eigenvalue weighted by molar-refractivity contribution is 7.71. The van der Waals surface area contributed by atoms with Crippen molar-refractivity contribution in [2.75, 3.05) is 0 Å². The maximum atomic E-state index is 13.1. The van der Waals surface area contributed by atoms with E-state index in [1.54, 1.807) is 18.3 Å². The standard InChI is InChI=1S/C11H9FN2S/c1-7-2-3-8(12)6-9(7)10-4-5-13-11(15)14-10/h2-6H,1H3,(H,13,14,15). The van der Waals surface area contributed by atoms with Gasteiger partial charge >= 0.3 is 0 Å². The summed E-state index contributed by atoms with van der Waals surface area (Å²) < 4.78 is 13.5. The van der Waals surface area contributed by atoms with Crippen LogP contribution in [0.2, 0.25) is 0 Å². The molecule has 2 aromatic rings. The second kappa shape index (κ2) is 3.90. The maximum Gasteiger partial charge on any atom is 0.197 e. The van der Waals surface area contributed by atoms with Gasteiger partial charge in [0.15, 0.2) is 4.77 Å². The number of nitrogens with one attached hydrogen (secondary N) is 1. The molecule has 0 saturated carbocycles. The van der Waals surface area contributed by atoms with E-state index in [4.69, 9.17) is 12.2 Å². The Labute approximate surface area is 91.8 Å². The second-order valence-corrected chi connectivity index (χ2v) is 3.63. The molecule has 4 heteroatoms. The minimum Gasteiger partial charge on any atom is -0.330 e. The lowest BCUT2D eigenvalue weighted by Crippen LogP contribution is -1.90. The molecule has 0 fully saturated rings. The van der Waals surface area contributed by atoms with E-state index in [-0.39, 0.29) is 5.82 Å². The largest absolute Gasteiger partial charge is 0.330 e. The first-order valence-electron chi connectivity index (χ1n) is 4.48. The fraction of sp³-hybridized carbons (Fsp3) is 0.0909. The summed E-state index contributed by atoms with van der Waals surface area (Å²) in [6.07, 6.45) is 1.61. The lowest BCUT2D eigenvalue weighted by Gasteiger charge is -2.05. The average Bonchev–Trinajstić information content (AvgIpc) is 2.22. The molecule has 1 heterocycles. The zero-order chi connectivity index (χ0) is 10.8. The average molecular weight is 220 g/mol. The molecule has 0 spiro atoms. The number of hydrogen-bond donors (Lipinski definition) is 1. The van der Waals surface area contributed by atoms with Crippen LogP contribution in [0.5, 0.6) is 0 Å². The van der Waals surface area contributed by atoms with Crippen LogP contribution in [0, 0.1) is 17.5 Å². The molecule has 1 aromatic carbocycles. The van der Waals surface area contributed by atoms with Gasteiger partial charge in [-0.3, -0.25) is 0 Å². The minimum absolute atomic E-state index is 0.258. The molecule has 1 N–H and O–H groups in total. The first-order chi connectivity index (χ1) is 7.16. The van der Waals surface area contributed by atoms with E-state index in [0.717, 1.165) is 16.8 Å². The Balaban J connectivity index is 2.63. The molecule has 0 aliphatic heterocycles. The number of aromatic nitrogens is 2. The third kappa shape index (κ3) is 2.10. The van der Waals surface area contributed by atoms with Crippen molar-refractivity contribution in [3.8, 4) is 11.3 Å². The first-order valence-corrected chi connectivity index (χ1v) is 4.89. The van der Waals surface area contributed by atoms with Crippen LogP contribution < -0.4 is 0 Å². The Hall–Kier alpha value is -1.55. The molecule has 76 valence electrons. The van der Waals surface area contributed by atoms with E-state index in [1.165, 1.54) is 12.1 Å². The molecule has 0 aliphatic rings. The Morgan fingerprint density at radius 2 is 2.13 bits per heavy atom. The van der Waals surface area contributed by atoms with E-state index >= 15 is 0 Å². The van der Waals surface area contributed by atoms with Gasteiger partial charge < -0.3 is 4.98 Å². The molecule has 0 saturated heterocycles. The smallest absolute Gasteiger partial charge is 0.197 e. The topological polar surface area (TPSA) is 28.7 Å². The Morgan fingerprint density at radius 3 is 2.87 bits per heavy atom. The molecule has 2 rings (SSSR count). The van der Waals surface area contributed by atoms with Crippen molar-refractivity contribution in [1.29, 1.82) is 0 Å². The second-order valence-electron chi connectivity index (χ2n) is 3.25. The van der Waals surface area contributed by atoms with Crippen LogP contribution in [0.25, 0.3) is 11.3 Å². The van der Waals surface area contributed by atoms with Crippen LogP contribution in [0.15, 0.2) is 30.5 Å². The highest BCUT2D eigenvalue weighted by atomic mass is 32.1. The number of hydrogen-bond acceptors (Lipinski definition) is 2. The molecular formula is C11H9FN2S. The Bertz CT molecular complexity index is 548. The molecule has 0 amide bonds. The quantitative estimate of drug-likeness (QED) is 0.747. The predicted octanol–water partition coefficient (Wildman–Crippen LogP) is 3.25. The van der Waals surface area contributed by atoms with Crippen LogP contribution in [0.4, 0.5) is 4.39 Å². The van der Waals surface area contributed by atoms with Crippen molar-refractivity contribution in [3.63, 3.8) is 0 Å². The van der Waals surface area contributed by atoms with Gasteiger partial charge in [0.2, 0.25) is 0 Å². The van der Waals surface area contributed by atoms with Crippen LogP contribution >= 0.6 is 12.2 Å². The molecule has 0 aliphatic carbocycles. The number of aryl methyl sites for hydroxylation is 1. The molecule has 0 radical (unpaired) electrons. The lowest BCUT2D eigenvalue weighted by molar-refractivity contribution is 0.628. The first kappa shape index (κ1) is 9.98. The van der Waals surface area contributed by atoms with Crippen molar-refractivity contribution in [2.24, 2.45) is 0 Å². The van der Waals surface area contributed by atoms with Gasteiger partial charge in [-0.15, -0.1) is 0 Å². The third-order valence-electron chi connectivity index (χ3n) is 2.16. The summed E-state index contributed by atoms with van der Waals surface area (Å²) in [6.45, 7) is 1.92. The molecule has 0 atom stereocenters. The van der Waals surface area contributed by atoms with Crippen LogP contribution in [0.1, 0.15) is 5.56 Å². The number of rotatable bonds is 1. The number of halogens is 1. The van der Waals surface area contributed by atoms with Crippen LogP contribution in [-0.4, -0.2) is 9.97 Å². The van der Waals surface area contributed by atoms with Gasteiger partial charge in [-0.25, -0.2) is 9.37 Å². The van der Waals surface area contributed by atoms with E-state index in [0.29, 0.717) is 4.77 Å². The Morgan fingerprint density at radius 1 is 1.33 bits per heavy atom. The van der Waals surface area contributed by atoms with Crippen molar-refractivity contribution in [3.05, 3.63) is 46.6 Å². The molecule has 15 heavy (non-hydrogen) atoms. The van der Waals surface area contributed by atoms with Crippen LogP contribution in [-0.2, 0) is 0 Å². The normalized spacial score (nSPS) is 10.3. The van der Waals surface area contributed by atoms with Gasteiger partial charge in [-0.1, -0.05) is 6.07 Å². The van der Waals surface area contributed by atoms with E-state index in [1.807, 2.05) is 6.92 Å². The SMILES string of the molecule is Cc1ccc(F)cc1-c1ccnc(=S)[nH]1. The summed E-state index contributed by atoms with van der Waals surface area (Å²) in [7, 11) is 0. The molecule has 0 bridgehead atoms. The van der Waals surface area contributed by atoms with E-state index in [9.17, 15) is 4.39 Å². The maximum absolute atomic E-state index is 13.1. The molecule has 2 nitrogen and oxygen atoms in total. The van der Waals surface area contributed by atoms with E-state index in [2.05, 4.69) is 9.97 Å². The fourth-order valence-electron chi connectivity index (χ4n) is 1.41. The van der Waals surface area contributed by atoms with Crippen LogP contribution in [0.3, 0.4) is 0 Å². The lowest BCUT2D eigenvalue weighted by atomic mass is 10.1. The number of aromatic amines is 1. The highest BCUT2D eigenvalue weighted by Gasteiger charge is 2.03. The van der Waals surface area contributed by atoms with Crippen molar-refractivity contribution in [1.82, 2.24) is 9.97 Å². The predicted molar refractivity (Wildman–Crippen MR) is 59.6 cm³/mol. The van der Waals surface area contributed by atoms with Crippen molar-refractivity contribution >= 4 is 12.2 Å². The summed E-state index contributed by atoms with van der Waals surface area (Å²) in [5.74, 6) is -0.258. The fourth-order valence-corrected chi connectivity index (χ4v) is 1.58. The van der Waals surface area contributed by atoms with Crippen molar-refractivity contribution in [2.45, 2.75) is 6.92 Å². The summed E-state index contributed by atoms with van der Waals surface area (Å²) in [5.41, 5.74) is 2.59. The number of H-pyrrole nitrogens is 1. The summed E-state index contributed by atoms with van der Waals surface area (Å²) >= 11 is 4.92. The van der Waals surface area contributed by atoms with Gasteiger partial charge in [0.05, 0.1) is 0 Å². The minimum atomic E-state index is -0.258. The summed E-state index contributed by atoms with van der Waals surface area (Å²) in [4.78, 5) is 6.81. The van der Waals surface area contributed by atoms with Gasteiger partial charge in [0, 0.05) is 17.5 Å². The monoisotopic (exact) mass is 220 g/mol. The van der Waals surface area contributed by atoms with Crippen molar-refractivity contribution < 1.29 is 4.39 Å². The Kier molecular flexibility index (Phi) is 2.60. The zero-order valence-electron chi connectivity index (χ0n) is 8.12. The summed E-state index contributed by atoms with van der Waals surface area (Å²) in [5, 5.41) is 0. The van der Waals surface area contributed by atoms with Gasteiger partial charge in [-0.05, 0) is 42.9 Å².